The van der Waals surface area contributed by atoms with Crippen LogP contribution in [0.25, 0.3) is 0 Å². The maximum absolute atomic E-state index is 12.1. The van der Waals surface area contributed by atoms with Crippen LogP contribution in [-0.4, -0.2) is 19.6 Å². The minimum Gasteiger partial charge on any atom is -0.497 e. The number of hydrogen-bond acceptors (Lipinski definition) is 2. The molecule has 0 aliphatic rings. The molecule has 0 saturated carbocycles. The first-order chi connectivity index (χ1) is 10.1. The van der Waals surface area contributed by atoms with Crippen LogP contribution < -0.4 is 10.1 Å². The van der Waals surface area contributed by atoms with Gasteiger partial charge in [0.25, 0.3) is 5.91 Å². The van der Waals surface area contributed by atoms with Gasteiger partial charge in [0.2, 0.25) is 0 Å². The van der Waals surface area contributed by atoms with E-state index < -0.39 is 0 Å². The van der Waals surface area contributed by atoms with E-state index in [1.807, 2.05) is 24.3 Å². The third-order valence-electron chi connectivity index (χ3n) is 3.05. The van der Waals surface area contributed by atoms with Gasteiger partial charge in [0.05, 0.1) is 17.7 Å². The Morgan fingerprint density at radius 1 is 1.24 bits per heavy atom. The molecule has 0 aliphatic carbocycles. The van der Waals surface area contributed by atoms with Crippen molar-refractivity contribution in [2.24, 2.45) is 0 Å². The summed E-state index contributed by atoms with van der Waals surface area (Å²) < 4.78 is 5.82. The van der Waals surface area contributed by atoms with Gasteiger partial charge in [0.15, 0.2) is 0 Å². The number of benzene rings is 2. The first-order valence-electron chi connectivity index (χ1n) is 6.47. The molecule has 5 heteroatoms. The van der Waals surface area contributed by atoms with Crippen LogP contribution in [0.3, 0.4) is 0 Å². The summed E-state index contributed by atoms with van der Waals surface area (Å²) in [7, 11) is 1.64. The maximum atomic E-state index is 12.1. The Labute approximate surface area is 137 Å². The van der Waals surface area contributed by atoms with Crippen molar-refractivity contribution in [1.29, 1.82) is 0 Å². The van der Waals surface area contributed by atoms with E-state index in [-0.39, 0.29) is 5.91 Å². The van der Waals surface area contributed by atoms with E-state index in [1.165, 1.54) is 0 Å². The van der Waals surface area contributed by atoms with Crippen molar-refractivity contribution in [3.05, 3.63) is 63.1 Å². The Hall–Kier alpha value is -1.52. The molecule has 2 aromatic carbocycles. The van der Waals surface area contributed by atoms with E-state index in [9.17, 15) is 4.79 Å². The normalized spacial score (nSPS) is 10.2. The summed E-state index contributed by atoms with van der Waals surface area (Å²) in [6.07, 6.45) is 0.751. The minimum atomic E-state index is -0.171. The van der Waals surface area contributed by atoms with Crippen molar-refractivity contribution in [1.82, 2.24) is 5.32 Å². The summed E-state index contributed by atoms with van der Waals surface area (Å²) in [5, 5.41) is 3.30. The lowest BCUT2D eigenvalue weighted by atomic mass is 10.1. The average Bonchev–Trinajstić information content (AvgIpc) is 2.50. The van der Waals surface area contributed by atoms with Crippen LogP contribution in [0, 0.1) is 0 Å². The topological polar surface area (TPSA) is 38.3 Å². The second-order valence-corrected chi connectivity index (χ2v) is 5.69. The molecule has 21 heavy (non-hydrogen) atoms. The molecule has 0 radical (unpaired) electrons. The predicted molar refractivity (Wildman–Crippen MR) is 88.2 cm³/mol. The second kappa shape index (κ2) is 7.48. The Balaban J connectivity index is 1.90. The molecule has 0 saturated heterocycles. The first kappa shape index (κ1) is 15.9. The third-order valence-corrected chi connectivity index (χ3v) is 4.35. The number of amides is 1. The van der Waals surface area contributed by atoms with Crippen LogP contribution in [0.5, 0.6) is 5.75 Å². The van der Waals surface area contributed by atoms with Gasteiger partial charge in [-0.1, -0.05) is 29.8 Å². The SMILES string of the molecule is COc1ccc(CCNC(=O)c2cccc(Br)c2Cl)cc1. The summed E-state index contributed by atoms with van der Waals surface area (Å²) in [4.78, 5) is 12.1. The Morgan fingerprint density at radius 3 is 2.62 bits per heavy atom. The predicted octanol–water partition coefficient (Wildman–Crippen LogP) is 4.08. The van der Waals surface area contributed by atoms with Gasteiger partial charge in [-0.15, -0.1) is 0 Å². The van der Waals surface area contributed by atoms with Crippen LogP contribution in [0.2, 0.25) is 5.02 Å². The summed E-state index contributed by atoms with van der Waals surface area (Å²) in [5.41, 5.74) is 1.61. The Morgan fingerprint density at radius 2 is 1.95 bits per heavy atom. The molecule has 3 nitrogen and oxygen atoms in total. The van der Waals surface area contributed by atoms with Gasteiger partial charge in [-0.3, -0.25) is 4.79 Å². The fourth-order valence-corrected chi connectivity index (χ4v) is 2.46. The summed E-state index contributed by atoms with van der Waals surface area (Å²) >= 11 is 9.40. The molecule has 0 bridgehead atoms. The monoisotopic (exact) mass is 367 g/mol. The standard InChI is InChI=1S/C16H15BrClNO2/c1-21-12-7-5-11(6-8-12)9-10-19-16(20)13-3-2-4-14(17)15(13)18/h2-8H,9-10H2,1H3,(H,19,20). The number of carbonyl (C=O) groups excluding carboxylic acids is 1. The van der Waals surface area contributed by atoms with Gasteiger partial charge in [-0.25, -0.2) is 0 Å². The Kier molecular flexibility index (Phi) is 5.65. The van der Waals surface area contributed by atoms with Crippen molar-refractivity contribution in [2.75, 3.05) is 13.7 Å². The van der Waals surface area contributed by atoms with Gasteiger partial charge in [-0.05, 0) is 52.2 Å². The van der Waals surface area contributed by atoms with Crippen molar-refractivity contribution >= 4 is 33.4 Å². The summed E-state index contributed by atoms with van der Waals surface area (Å²) in [6.45, 7) is 0.550. The Bertz CT molecular complexity index is 629. The highest BCUT2D eigenvalue weighted by Gasteiger charge is 2.11. The van der Waals surface area contributed by atoms with Gasteiger partial charge in [0.1, 0.15) is 5.75 Å². The first-order valence-corrected chi connectivity index (χ1v) is 7.64. The van der Waals surface area contributed by atoms with E-state index >= 15 is 0 Å². The van der Waals surface area contributed by atoms with Gasteiger partial charge in [0, 0.05) is 11.0 Å². The second-order valence-electron chi connectivity index (χ2n) is 4.46. The summed E-state index contributed by atoms with van der Waals surface area (Å²) in [6, 6.07) is 13.1. The van der Waals surface area contributed by atoms with E-state index in [1.54, 1.807) is 25.3 Å². The molecule has 2 aromatic rings. The summed E-state index contributed by atoms with van der Waals surface area (Å²) in [5.74, 6) is 0.651. The number of methoxy groups -OCH3 is 1. The fourth-order valence-electron chi connectivity index (χ4n) is 1.89. The highest BCUT2D eigenvalue weighted by atomic mass is 79.9. The molecule has 1 amide bonds. The zero-order valence-electron chi connectivity index (χ0n) is 11.5. The van der Waals surface area contributed by atoms with Crippen LogP contribution in [-0.2, 0) is 6.42 Å². The van der Waals surface area contributed by atoms with Gasteiger partial charge < -0.3 is 10.1 Å². The van der Waals surface area contributed by atoms with Crippen molar-refractivity contribution in [3.8, 4) is 5.75 Å². The van der Waals surface area contributed by atoms with Crippen molar-refractivity contribution in [3.63, 3.8) is 0 Å². The zero-order valence-corrected chi connectivity index (χ0v) is 13.9. The van der Waals surface area contributed by atoms with E-state index in [0.717, 1.165) is 17.7 Å². The maximum Gasteiger partial charge on any atom is 0.252 e. The van der Waals surface area contributed by atoms with Crippen LogP contribution >= 0.6 is 27.5 Å². The molecule has 110 valence electrons. The molecule has 1 N–H and O–H groups in total. The molecule has 0 atom stereocenters. The quantitative estimate of drug-likeness (QED) is 0.863. The largest absolute Gasteiger partial charge is 0.497 e. The van der Waals surface area contributed by atoms with Crippen molar-refractivity contribution in [2.45, 2.75) is 6.42 Å². The number of halogens is 2. The number of hydrogen-bond donors (Lipinski definition) is 1. The lowest BCUT2D eigenvalue weighted by molar-refractivity contribution is 0.0954. The number of rotatable bonds is 5. The van der Waals surface area contributed by atoms with Crippen molar-refractivity contribution < 1.29 is 9.53 Å². The van der Waals surface area contributed by atoms with E-state index in [0.29, 0.717) is 21.6 Å². The molecule has 0 spiro atoms. The van der Waals surface area contributed by atoms with Crippen LogP contribution in [0.4, 0.5) is 0 Å². The van der Waals surface area contributed by atoms with E-state index in [4.69, 9.17) is 16.3 Å². The molecule has 0 aliphatic heterocycles. The molecule has 0 heterocycles. The lowest BCUT2D eigenvalue weighted by Crippen LogP contribution is -2.26. The van der Waals surface area contributed by atoms with E-state index in [2.05, 4.69) is 21.2 Å². The van der Waals surface area contributed by atoms with Crippen LogP contribution in [0.1, 0.15) is 15.9 Å². The van der Waals surface area contributed by atoms with Crippen LogP contribution in [0.15, 0.2) is 46.9 Å². The minimum absolute atomic E-state index is 0.171. The van der Waals surface area contributed by atoms with Gasteiger partial charge >= 0.3 is 0 Å². The molecule has 2 rings (SSSR count). The molecular weight excluding hydrogens is 354 g/mol. The molecule has 0 fully saturated rings. The number of ether oxygens (including phenoxy) is 1. The number of carbonyl (C=O) groups is 1. The molecule has 0 unspecified atom stereocenters. The highest BCUT2D eigenvalue weighted by Crippen LogP contribution is 2.25. The zero-order chi connectivity index (χ0) is 15.2. The highest BCUT2D eigenvalue weighted by molar-refractivity contribution is 9.10. The van der Waals surface area contributed by atoms with Gasteiger partial charge in [-0.2, -0.15) is 0 Å². The fraction of sp³-hybridized carbons (Fsp3) is 0.188. The molecule has 0 aromatic heterocycles. The lowest BCUT2D eigenvalue weighted by Gasteiger charge is -2.08. The smallest absolute Gasteiger partial charge is 0.252 e. The number of nitrogens with one attached hydrogen (secondary N) is 1. The third kappa shape index (κ3) is 4.22. The average molecular weight is 369 g/mol. The molecular formula is C16H15BrClNO2.